The lowest BCUT2D eigenvalue weighted by Gasteiger charge is -2.03. The van der Waals surface area contributed by atoms with E-state index in [9.17, 15) is 9.59 Å². The SMILES string of the molecule is C=C(C)C(=O)Oc1ccc(C=CC(=O)OCCC)cc1. The van der Waals surface area contributed by atoms with Crippen molar-refractivity contribution >= 4 is 18.0 Å². The molecule has 0 N–H and O–H groups in total. The lowest BCUT2D eigenvalue weighted by atomic mass is 10.2. The molecule has 0 atom stereocenters. The normalized spacial score (nSPS) is 10.3. The molecule has 0 spiro atoms. The van der Waals surface area contributed by atoms with E-state index in [1.54, 1.807) is 37.3 Å². The van der Waals surface area contributed by atoms with Crippen molar-refractivity contribution in [3.05, 3.63) is 48.1 Å². The van der Waals surface area contributed by atoms with Crippen LogP contribution < -0.4 is 4.74 Å². The molecule has 0 heterocycles. The number of carbonyl (C=O) groups excluding carboxylic acids is 2. The second-order valence-electron chi connectivity index (χ2n) is 4.24. The predicted molar refractivity (Wildman–Crippen MR) is 77.2 cm³/mol. The first kappa shape index (κ1) is 15.7. The molecule has 0 aliphatic carbocycles. The quantitative estimate of drug-likeness (QED) is 0.454. The van der Waals surface area contributed by atoms with Gasteiger partial charge in [0, 0.05) is 11.6 Å². The number of hydrogen-bond acceptors (Lipinski definition) is 4. The summed E-state index contributed by atoms with van der Waals surface area (Å²) < 4.78 is 9.97. The van der Waals surface area contributed by atoms with Crippen molar-refractivity contribution < 1.29 is 19.1 Å². The van der Waals surface area contributed by atoms with Gasteiger partial charge in [-0.2, -0.15) is 0 Å². The molecule has 1 aromatic rings. The first-order chi connectivity index (χ1) is 9.52. The Hall–Kier alpha value is -2.36. The first-order valence-corrected chi connectivity index (χ1v) is 6.35. The Morgan fingerprint density at radius 2 is 1.90 bits per heavy atom. The van der Waals surface area contributed by atoms with Crippen molar-refractivity contribution in [1.82, 2.24) is 0 Å². The highest BCUT2D eigenvalue weighted by Crippen LogP contribution is 2.14. The van der Waals surface area contributed by atoms with Gasteiger partial charge in [0.15, 0.2) is 0 Å². The van der Waals surface area contributed by atoms with E-state index in [4.69, 9.17) is 9.47 Å². The first-order valence-electron chi connectivity index (χ1n) is 6.35. The van der Waals surface area contributed by atoms with Crippen LogP contribution in [-0.2, 0) is 14.3 Å². The van der Waals surface area contributed by atoms with Crippen molar-refractivity contribution in [2.75, 3.05) is 6.61 Å². The summed E-state index contributed by atoms with van der Waals surface area (Å²) in [6.07, 6.45) is 3.80. The maximum absolute atomic E-state index is 11.3. The average molecular weight is 274 g/mol. The summed E-state index contributed by atoms with van der Waals surface area (Å²) in [4.78, 5) is 22.6. The number of esters is 2. The molecular formula is C16H18O4. The van der Waals surface area contributed by atoms with Gasteiger partial charge in [0.25, 0.3) is 0 Å². The zero-order valence-electron chi connectivity index (χ0n) is 11.7. The van der Waals surface area contributed by atoms with Crippen LogP contribution in [0, 0.1) is 0 Å². The Bertz CT molecular complexity index is 512. The molecule has 0 fully saturated rings. The molecule has 0 aromatic heterocycles. The van der Waals surface area contributed by atoms with Crippen molar-refractivity contribution in [2.45, 2.75) is 20.3 Å². The van der Waals surface area contributed by atoms with E-state index in [0.717, 1.165) is 12.0 Å². The van der Waals surface area contributed by atoms with Crippen molar-refractivity contribution in [1.29, 1.82) is 0 Å². The van der Waals surface area contributed by atoms with Crippen LogP contribution in [0.2, 0.25) is 0 Å². The lowest BCUT2D eigenvalue weighted by Crippen LogP contribution is -2.07. The van der Waals surface area contributed by atoms with Crippen molar-refractivity contribution in [3.8, 4) is 5.75 Å². The molecule has 1 rings (SSSR count). The molecule has 106 valence electrons. The van der Waals surface area contributed by atoms with E-state index in [1.165, 1.54) is 6.08 Å². The zero-order chi connectivity index (χ0) is 15.0. The Balaban J connectivity index is 2.58. The summed E-state index contributed by atoms with van der Waals surface area (Å²) in [6, 6.07) is 6.78. The molecule has 20 heavy (non-hydrogen) atoms. The van der Waals surface area contributed by atoms with Gasteiger partial charge in [-0.25, -0.2) is 9.59 Å². The van der Waals surface area contributed by atoms with Crippen molar-refractivity contribution in [2.24, 2.45) is 0 Å². The Morgan fingerprint density at radius 1 is 1.25 bits per heavy atom. The minimum absolute atomic E-state index is 0.340. The summed E-state index contributed by atoms with van der Waals surface area (Å²) in [5.41, 5.74) is 1.15. The van der Waals surface area contributed by atoms with Gasteiger partial charge in [-0.15, -0.1) is 0 Å². The van der Waals surface area contributed by atoms with Crippen LogP contribution in [0.5, 0.6) is 5.75 Å². The van der Waals surface area contributed by atoms with E-state index in [-0.39, 0.29) is 5.97 Å². The molecule has 0 aliphatic heterocycles. The smallest absolute Gasteiger partial charge is 0.338 e. The van der Waals surface area contributed by atoms with E-state index < -0.39 is 5.97 Å². The third-order valence-electron chi connectivity index (χ3n) is 2.30. The van der Waals surface area contributed by atoms with Gasteiger partial charge in [0.05, 0.1) is 6.61 Å². The van der Waals surface area contributed by atoms with E-state index in [1.807, 2.05) is 6.92 Å². The maximum Gasteiger partial charge on any atom is 0.338 e. The van der Waals surface area contributed by atoms with Gasteiger partial charge in [0.1, 0.15) is 5.75 Å². The molecule has 1 aromatic carbocycles. The topological polar surface area (TPSA) is 52.6 Å². The fraction of sp³-hybridized carbons (Fsp3) is 0.250. The van der Waals surface area contributed by atoms with Gasteiger partial charge in [-0.3, -0.25) is 0 Å². The van der Waals surface area contributed by atoms with Crippen LogP contribution in [0.4, 0.5) is 0 Å². The number of benzene rings is 1. The highest BCUT2D eigenvalue weighted by atomic mass is 16.5. The van der Waals surface area contributed by atoms with Gasteiger partial charge in [-0.1, -0.05) is 25.6 Å². The Morgan fingerprint density at radius 3 is 2.45 bits per heavy atom. The van der Waals surface area contributed by atoms with Gasteiger partial charge < -0.3 is 9.47 Å². The molecule has 0 radical (unpaired) electrons. The number of rotatable bonds is 6. The van der Waals surface area contributed by atoms with E-state index in [0.29, 0.717) is 17.9 Å². The van der Waals surface area contributed by atoms with Gasteiger partial charge in [-0.05, 0) is 37.1 Å². The standard InChI is InChI=1S/C16H18O4/c1-4-11-19-15(17)10-7-13-5-8-14(9-6-13)20-16(18)12(2)3/h5-10H,2,4,11H2,1,3H3. The van der Waals surface area contributed by atoms with Crippen LogP contribution in [0.25, 0.3) is 6.08 Å². The minimum Gasteiger partial charge on any atom is -0.463 e. The molecule has 0 saturated heterocycles. The van der Waals surface area contributed by atoms with Crippen LogP contribution in [-0.4, -0.2) is 18.5 Å². The second kappa shape index (κ2) is 7.94. The third-order valence-corrected chi connectivity index (χ3v) is 2.30. The predicted octanol–water partition coefficient (Wildman–Crippen LogP) is 3.13. The molecule has 0 aliphatic rings. The second-order valence-corrected chi connectivity index (χ2v) is 4.24. The molecule has 4 nitrogen and oxygen atoms in total. The minimum atomic E-state index is -0.462. The van der Waals surface area contributed by atoms with Crippen molar-refractivity contribution in [3.63, 3.8) is 0 Å². The van der Waals surface area contributed by atoms with Crippen LogP contribution in [0.3, 0.4) is 0 Å². The lowest BCUT2D eigenvalue weighted by molar-refractivity contribution is -0.137. The van der Waals surface area contributed by atoms with Crippen LogP contribution in [0.15, 0.2) is 42.5 Å². The number of hydrogen-bond donors (Lipinski definition) is 0. The summed E-state index contributed by atoms with van der Waals surface area (Å²) in [6.45, 7) is 7.44. The molecule has 0 bridgehead atoms. The highest BCUT2D eigenvalue weighted by molar-refractivity contribution is 5.89. The largest absolute Gasteiger partial charge is 0.463 e. The monoisotopic (exact) mass is 274 g/mol. The van der Waals surface area contributed by atoms with Crippen LogP contribution in [0.1, 0.15) is 25.8 Å². The average Bonchev–Trinajstić information content (AvgIpc) is 2.44. The van der Waals surface area contributed by atoms with Gasteiger partial charge >= 0.3 is 11.9 Å². The van der Waals surface area contributed by atoms with Gasteiger partial charge in [0.2, 0.25) is 0 Å². The Kier molecular flexibility index (Phi) is 6.23. The third kappa shape index (κ3) is 5.52. The summed E-state index contributed by atoms with van der Waals surface area (Å²) in [5.74, 6) is -0.398. The molecule has 0 unspecified atom stereocenters. The van der Waals surface area contributed by atoms with E-state index in [2.05, 4.69) is 6.58 Å². The highest BCUT2D eigenvalue weighted by Gasteiger charge is 2.04. The summed E-state index contributed by atoms with van der Waals surface area (Å²) in [7, 11) is 0. The molecule has 0 amide bonds. The zero-order valence-corrected chi connectivity index (χ0v) is 11.7. The summed E-state index contributed by atoms with van der Waals surface area (Å²) >= 11 is 0. The molecular weight excluding hydrogens is 256 g/mol. The van der Waals surface area contributed by atoms with Crippen LogP contribution >= 0.6 is 0 Å². The molecule has 0 saturated carbocycles. The molecule has 4 heteroatoms. The maximum atomic E-state index is 11.3. The summed E-state index contributed by atoms with van der Waals surface area (Å²) in [5, 5.41) is 0. The fourth-order valence-electron chi connectivity index (χ4n) is 1.26. The Labute approximate surface area is 118 Å². The number of carbonyl (C=O) groups is 2. The fourth-order valence-corrected chi connectivity index (χ4v) is 1.26. The number of ether oxygens (including phenoxy) is 2. The van der Waals surface area contributed by atoms with E-state index >= 15 is 0 Å².